The second kappa shape index (κ2) is 11.0. The molecule has 5 fully saturated rings. The Kier molecular flexibility index (Phi) is 7.52. The fourth-order valence-electron chi connectivity index (χ4n) is 11.1. The molecule has 0 spiro atoms. The highest BCUT2D eigenvalue weighted by Gasteiger charge is 2.58. The molecule has 4 saturated carbocycles. The Hall–Kier alpha value is -3.03. The Morgan fingerprint density at radius 1 is 1.04 bits per heavy atom. The second-order valence-corrected chi connectivity index (χ2v) is 16.1. The largest absolute Gasteiger partial charge is 0.497 e. The third kappa shape index (κ3) is 4.96. The minimum absolute atomic E-state index is 0.00552. The average Bonchev–Trinajstić information content (AvgIpc) is 3.35. The van der Waals surface area contributed by atoms with Crippen molar-refractivity contribution < 1.29 is 19.1 Å². The number of ether oxygens (including phenoxy) is 1. The third-order valence-corrected chi connectivity index (χ3v) is 12.5. The second-order valence-electron chi connectivity index (χ2n) is 16.1. The summed E-state index contributed by atoms with van der Waals surface area (Å²) in [5.74, 6) is 2.29. The van der Waals surface area contributed by atoms with Crippen molar-refractivity contribution in [3.05, 3.63) is 29.5 Å². The molecule has 3 amide bonds. The summed E-state index contributed by atoms with van der Waals surface area (Å²) in [5.41, 5.74) is 2.48. The van der Waals surface area contributed by atoms with E-state index >= 15 is 0 Å². The summed E-state index contributed by atoms with van der Waals surface area (Å²) >= 11 is 0. The lowest BCUT2D eigenvalue weighted by molar-refractivity contribution is -0.166. The summed E-state index contributed by atoms with van der Waals surface area (Å²) in [4.78, 5) is 50.1. The van der Waals surface area contributed by atoms with E-state index in [1.165, 1.54) is 38.5 Å². The standard InChI is InChI=1S/C37H52N4O4/c1-21(2)41(22(3)4)35(44)30-14-26(15-32(42)38-20-37-17-23-11-24(18-37)13-25(12-23)19-37)34(43)40-10-9-28-29-16-27(45-6)7-8-31(29)39-33(28)36(30,40)5/h7-8,16,21-26,30,39H,9-15,17-20H2,1-6H3,(H,38,42)/t23?,24?,25?,26?,30-,36+,37?/m1/s1. The maximum Gasteiger partial charge on any atom is 0.228 e. The molecule has 4 aliphatic carbocycles. The number of benzene rings is 1. The van der Waals surface area contributed by atoms with Crippen LogP contribution in [0.25, 0.3) is 10.9 Å². The molecule has 2 aliphatic heterocycles. The summed E-state index contributed by atoms with van der Waals surface area (Å²) < 4.78 is 5.54. The van der Waals surface area contributed by atoms with Gasteiger partial charge in [-0.05, 0) is 133 Å². The van der Waals surface area contributed by atoms with Crippen LogP contribution in [0, 0.1) is 35.0 Å². The highest BCUT2D eigenvalue weighted by Crippen LogP contribution is 2.60. The normalized spacial score (nSPS) is 33.5. The number of piperidine rings is 1. The van der Waals surface area contributed by atoms with Crippen LogP contribution in [-0.2, 0) is 26.3 Å². The maximum atomic E-state index is 14.6. The molecule has 45 heavy (non-hydrogen) atoms. The van der Waals surface area contributed by atoms with E-state index in [0.29, 0.717) is 19.4 Å². The van der Waals surface area contributed by atoms with Crippen LogP contribution in [0.1, 0.15) is 97.2 Å². The van der Waals surface area contributed by atoms with Crippen molar-refractivity contribution in [3.63, 3.8) is 0 Å². The van der Waals surface area contributed by atoms with Gasteiger partial charge in [0.05, 0.1) is 18.6 Å². The van der Waals surface area contributed by atoms with E-state index in [-0.39, 0.29) is 41.6 Å². The summed E-state index contributed by atoms with van der Waals surface area (Å²) in [5, 5.41) is 4.40. The number of aromatic nitrogens is 1. The number of carbonyl (C=O) groups is 3. The Morgan fingerprint density at radius 3 is 2.29 bits per heavy atom. The summed E-state index contributed by atoms with van der Waals surface area (Å²) in [6.07, 6.45) is 9.05. The van der Waals surface area contributed by atoms with Gasteiger partial charge in [0.2, 0.25) is 17.7 Å². The van der Waals surface area contributed by atoms with E-state index in [1.54, 1.807) is 7.11 Å². The van der Waals surface area contributed by atoms with Crippen LogP contribution in [0.2, 0.25) is 0 Å². The fraction of sp³-hybridized carbons (Fsp3) is 0.703. The van der Waals surface area contributed by atoms with Gasteiger partial charge in [-0.2, -0.15) is 0 Å². The highest BCUT2D eigenvalue weighted by molar-refractivity contribution is 5.93. The van der Waals surface area contributed by atoms with E-state index in [9.17, 15) is 14.4 Å². The van der Waals surface area contributed by atoms with Crippen LogP contribution in [0.4, 0.5) is 0 Å². The number of amides is 3. The van der Waals surface area contributed by atoms with Gasteiger partial charge in [0, 0.05) is 54.1 Å². The van der Waals surface area contributed by atoms with E-state index in [1.807, 2.05) is 21.9 Å². The third-order valence-electron chi connectivity index (χ3n) is 12.5. The summed E-state index contributed by atoms with van der Waals surface area (Å²) in [6.45, 7) is 11.6. The molecule has 2 N–H and O–H groups in total. The van der Waals surface area contributed by atoms with Crippen LogP contribution < -0.4 is 10.1 Å². The maximum absolute atomic E-state index is 14.6. The number of carbonyl (C=O) groups excluding carboxylic acids is 3. The van der Waals surface area contributed by atoms with Crippen molar-refractivity contribution in [1.82, 2.24) is 20.1 Å². The molecule has 2 aromatic rings. The van der Waals surface area contributed by atoms with Crippen LogP contribution in [-0.4, -0.2) is 64.8 Å². The lowest BCUT2D eigenvalue weighted by Gasteiger charge is -2.57. The van der Waals surface area contributed by atoms with Crippen molar-refractivity contribution >= 4 is 28.6 Å². The Balaban J connectivity index is 1.18. The van der Waals surface area contributed by atoms with E-state index in [4.69, 9.17) is 4.74 Å². The van der Waals surface area contributed by atoms with Crippen LogP contribution in [0.15, 0.2) is 18.2 Å². The Morgan fingerprint density at radius 2 is 1.69 bits per heavy atom. The van der Waals surface area contributed by atoms with Gasteiger partial charge in [-0.3, -0.25) is 14.4 Å². The number of fused-ring (bicyclic) bond motifs is 5. The minimum Gasteiger partial charge on any atom is -0.497 e. The quantitative estimate of drug-likeness (QED) is 0.393. The zero-order chi connectivity index (χ0) is 31.8. The molecule has 4 bridgehead atoms. The van der Waals surface area contributed by atoms with Crippen LogP contribution in [0.3, 0.4) is 0 Å². The molecule has 1 aromatic heterocycles. The van der Waals surface area contributed by atoms with Gasteiger partial charge in [-0.15, -0.1) is 0 Å². The number of aromatic amines is 1. The van der Waals surface area contributed by atoms with Gasteiger partial charge in [-0.1, -0.05) is 0 Å². The smallest absolute Gasteiger partial charge is 0.228 e. The zero-order valence-corrected chi connectivity index (χ0v) is 28.1. The molecule has 1 aromatic carbocycles. The number of hydrogen-bond donors (Lipinski definition) is 2. The minimum atomic E-state index is -0.845. The zero-order valence-electron chi connectivity index (χ0n) is 28.1. The summed E-state index contributed by atoms with van der Waals surface area (Å²) in [6, 6.07) is 6.05. The first-order valence-electron chi connectivity index (χ1n) is 17.5. The topological polar surface area (TPSA) is 94.7 Å². The number of hydrogen-bond acceptors (Lipinski definition) is 4. The highest BCUT2D eigenvalue weighted by atomic mass is 16.5. The molecule has 8 heteroatoms. The molecule has 8 nitrogen and oxygen atoms in total. The fourth-order valence-corrected chi connectivity index (χ4v) is 11.1. The molecular formula is C37H52N4O4. The predicted octanol–water partition coefficient (Wildman–Crippen LogP) is 5.78. The molecule has 1 saturated heterocycles. The van der Waals surface area contributed by atoms with Gasteiger partial charge in [0.1, 0.15) is 5.75 Å². The molecule has 8 rings (SSSR count). The number of rotatable bonds is 8. The first-order valence-corrected chi connectivity index (χ1v) is 17.5. The first-order chi connectivity index (χ1) is 21.4. The van der Waals surface area contributed by atoms with Crippen molar-refractivity contribution in [2.75, 3.05) is 20.2 Å². The monoisotopic (exact) mass is 616 g/mol. The van der Waals surface area contributed by atoms with Gasteiger partial charge < -0.3 is 24.8 Å². The van der Waals surface area contributed by atoms with E-state index < -0.39 is 17.4 Å². The number of nitrogens with one attached hydrogen (secondary N) is 2. The number of methoxy groups -OCH3 is 1. The first kappa shape index (κ1) is 30.6. The van der Waals surface area contributed by atoms with E-state index in [0.717, 1.165) is 52.2 Å². The summed E-state index contributed by atoms with van der Waals surface area (Å²) in [7, 11) is 1.67. The SMILES string of the molecule is COc1ccc2[nH]c3c(c2c1)CCN1C(=O)C(CC(=O)NCC24CC5CC(CC(C5)C2)C4)C[C@H](C(=O)N(C(C)C)C(C)C)[C@@]31C. The molecule has 244 valence electrons. The van der Waals surface area contributed by atoms with Crippen molar-refractivity contribution in [3.8, 4) is 5.75 Å². The molecule has 3 heterocycles. The lowest BCUT2D eigenvalue weighted by atomic mass is 9.49. The van der Waals surface area contributed by atoms with Crippen molar-refractivity contribution in [2.24, 2.45) is 35.0 Å². The van der Waals surface area contributed by atoms with E-state index in [2.05, 4.69) is 51.0 Å². The predicted molar refractivity (Wildman–Crippen MR) is 175 cm³/mol. The Bertz CT molecular complexity index is 1470. The van der Waals surface area contributed by atoms with Crippen molar-refractivity contribution in [1.29, 1.82) is 0 Å². The number of nitrogens with zero attached hydrogens (tertiary/aromatic N) is 2. The number of H-pyrrole nitrogens is 1. The van der Waals surface area contributed by atoms with Gasteiger partial charge in [-0.25, -0.2) is 0 Å². The molecule has 3 atom stereocenters. The lowest BCUT2D eigenvalue weighted by Crippen LogP contribution is -2.65. The van der Waals surface area contributed by atoms with Gasteiger partial charge in [0.25, 0.3) is 0 Å². The van der Waals surface area contributed by atoms with Gasteiger partial charge in [0.15, 0.2) is 0 Å². The van der Waals surface area contributed by atoms with Crippen molar-refractivity contribution in [2.45, 2.75) is 110 Å². The molecule has 0 radical (unpaired) electrons. The van der Waals surface area contributed by atoms with Crippen LogP contribution in [0.5, 0.6) is 5.75 Å². The molecule has 6 aliphatic rings. The molecular weight excluding hydrogens is 564 g/mol. The van der Waals surface area contributed by atoms with Crippen LogP contribution >= 0.6 is 0 Å². The Labute approximate surface area is 268 Å². The van der Waals surface area contributed by atoms with Gasteiger partial charge >= 0.3 is 0 Å². The molecule has 1 unspecified atom stereocenters. The average molecular weight is 617 g/mol.